The van der Waals surface area contributed by atoms with Crippen molar-refractivity contribution in [2.45, 2.75) is 32.2 Å². The van der Waals surface area contributed by atoms with Gasteiger partial charge >= 0.3 is 0 Å². The van der Waals surface area contributed by atoms with Gasteiger partial charge in [-0.25, -0.2) is 4.39 Å². The molecule has 1 fully saturated rings. The van der Waals surface area contributed by atoms with E-state index < -0.39 is 0 Å². The number of hydrogen-bond donors (Lipinski definition) is 1. The van der Waals surface area contributed by atoms with E-state index in [0.29, 0.717) is 17.7 Å². The van der Waals surface area contributed by atoms with Crippen LogP contribution in [0, 0.1) is 5.82 Å². The van der Waals surface area contributed by atoms with Gasteiger partial charge in [-0.15, -0.1) is 0 Å². The quantitative estimate of drug-likeness (QED) is 0.893. The minimum Gasteiger partial charge on any atom is -0.483 e. The van der Waals surface area contributed by atoms with Gasteiger partial charge < -0.3 is 15.4 Å². The Hall–Kier alpha value is -1.62. The lowest BCUT2D eigenvalue weighted by atomic mass is 10.1. The van der Waals surface area contributed by atoms with Crippen LogP contribution in [-0.4, -0.2) is 36.5 Å². The molecule has 1 aliphatic rings. The number of nitrogens with two attached hydrogens (primary N) is 1. The Bertz CT molecular complexity index is 471. The van der Waals surface area contributed by atoms with Crippen molar-refractivity contribution in [3.8, 4) is 5.75 Å². The monoisotopic (exact) mass is 280 g/mol. The van der Waals surface area contributed by atoms with Crippen molar-refractivity contribution in [3.05, 3.63) is 29.6 Å². The molecule has 1 aromatic carbocycles. The molecule has 20 heavy (non-hydrogen) atoms. The molecular formula is C15H21FN2O2. The van der Waals surface area contributed by atoms with E-state index in [1.807, 2.05) is 6.92 Å². The molecule has 0 saturated carbocycles. The average Bonchev–Trinajstić information content (AvgIpc) is 2.90. The van der Waals surface area contributed by atoms with Crippen LogP contribution in [0.1, 0.15) is 25.3 Å². The molecule has 1 aromatic rings. The van der Waals surface area contributed by atoms with Crippen LogP contribution in [0.4, 0.5) is 4.39 Å². The standard InChI is InChI=1S/C15H21FN2O2/c1-11(17)8-12-9-13(16)4-5-14(12)20-10-15(19)18-6-2-3-7-18/h4-5,9,11H,2-3,6-8,10,17H2,1H3. The van der Waals surface area contributed by atoms with Gasteiger partial charge in [0.2, 0.25) is 0 Å². The molecule has 2 rings (SSSR count). The number of carbonyl (C=O) groups is 1. The Morgan fingerprint density at radius 1 is 1.45 bits per heavy atom. The van der Waals surface area contributed by atoms with Crippen molar-refractivity contribution in [1.29, 1.82) is 0 Å². The lowest BCUT2D eigenvalue weighted by Gasteiger charge is -2.17. The first kappa shape index (κ1) is 14.8. The summed E-state index contributed by atoms with van der Waals surface area (Å²) in [5.74, 6) is 0.202. The highest BCUT2D eigenvalue weighted by Gasteiger charge is 2.18. The maximum absolute atomic E-state index is 13.3. The summed E-state index contributed by atoms with van der Waals surface area (Å²) in [7, 11) is 0. The molecular weight excluding hydrogens is 259 g/mol. The maximum Gasteiger partial charge on any atom is 0.260 e. The molecule has 1 heterocycles. The van der Waals surface area contributed by atoms with Crippen molar-refractivity contribution in [1.82, 2.24) is 4.90 Å². The zero-order valence-corrected chi connectivity index (χ0v) is 11.8. The molecule has 5 heteroatoms. The SMILES string of the molecule is CC(N)Cc1cc(F)ccc1OCC(=O)N1CCCC1. The van der Waals surface area contributed by atoms with Crippen LogP contribution in [0.15, 0.2) is 18.2 Å². The first-order valence-corrected chi connectivity index (χ1v) is 7.01. The van der Waals surface area contributed by atoms with Crippen LogP contribution >= 0.6 is 0 Å². The lowest BCUT2D eigenvalue weighted by Crippen LogP contribution is -2.32. The second-order valence-corrected chi connectivity index (χ2v) is 5.31. The molecule has 0 radical (unpaired) electrons. The van der Waals surface area contributed by atoms with Gasteiger partial charge in [0.1, 0.15) is 11.6 Å². The topological polar surface area (TPSA) is 55.6 Å². The minimum absolute atomic E-state index is 0.00240. The molecule has 1 atom stereocenters. The zero-order valence-electron chi connectivity index (χ0n) is 11.8. The van der Waals surface area contributed by atoms with E-state index in [0.717, 1.165) is 25.9 Å². The fourth-order valence-electron chi connectivity index (χ4n) is 2.39. The molecule has 1 unspecified atom stereocenters. The van der Waals surface area contributed by atoms with E-state index in [-0.39, 0.29) is 24.4 Å². The summed E-state index contributed by atoms with van der Waals surface area (Å²) in [6.07, 6.45) is 2.63. The van der Waals surface area contributed by atoms with Gasteiger partial charge in [0.25, 0.3) is 5.91 Å². The van der Waals surface area contributed by atoms with Crippen molar-refractivity contribution in [3.63, 3.8) is 0 Å². The average molecular weight is 280 g/mol. The Balaban J connectivity index is 1.99. The number of benzene rings is 1. The minimum atomic E-state index is -0.320. The number of likely N-dealkylation sites (tertiary alicyclic amines) is 1. The molecule has 1 amide bonds. The van der Waals surface area contributed by atoms with Gasteiger partial charge in [-0.1, -0.05) is 0 Å². The van der Waals surface area contributed by atoms with Crippen molar-refractivity contribution in [2.24, 2.45) is 5.73 Å². The van der Waals surface area contributed by atoms with Crippen LogP contribution in [0.5, 0.6) is 5.75 Å². The van der Waals surface area contributed by atoms with E-state index in [4.69, 9.17) is 10.5 Å². The summed E-state index contributed by atoms with van der Waals surface area (Å²) in [5, 5.41) is 0. The molecule has 0 spiro atoms. The third-order valence-corrected chi connectivity index (χ3v) is 3.37. The van der Waals surface area contributed by atoms with Gasteiger partial charge in [0.05, 0.1) is 0 Å². The third-order valence-electron chi connectivity index (χ3n) is 3.37. The smallest absolute Gasteiger partial charge is 0.260 e. The zero-order chi connectivity index (χ0) is 14.5. The lowest BCUT2D eigenvalue weighted by molar-refractivity contribution is -0.132. The highest BCUT2D eigenvalue weighted by molar-refractivity contribution is 5.78. The Morgan fingerprint density at radius 3 is 2.80 bits per heavy atom. The first-order valence-electron chi connectivity index (χ1n) is 7.01. The summed E-state index contributed by atoms with van der Waals surface area (Å²) >= 11 is 0. The van der Waals surface area contributed by atoms with Gasteiger partial charge in [-0.3, -0.25) is 4.79 Å². The number of halogens is 1. The predicted octanol–water partition coefficient (Wildman–Crippen LogP) is 1.72. The highest BCUT2D eigenvalue weighted by Crippen LogP contribution is 2.21. The molecule has 110 valence electrons. The van der Waals surface area contributed by atoms with Gasteiger partial charge in [-0.05, 0) is 49.9 Å². The van der Waals surface area contributed by atoms with Crippen LogP contribution < -0.4 is 10.5 Å². The third kappa shape index (κ3) is 3.93. The van der Waals surface area contributed by atoms with E-state index in [1.165, 1.54) is 12.1 Å². The predicted molar refractivity (Wildman–Crippen MR) is 75.1 cm³/mol. The summed E-state index contributed by atoms with van der Waals surface area (Å²) in [6.45, 7) is 3.46. The highest BCUT2D eigenvalue weighted by atomic mass is 19.1. The Kier molecular flexibility index (Phi) is 4.95. The fraction of sp³-hybridized carbons (Fsp3) is 0.533. The van der Waals surface area contributed by atoms with Crippen molar-refractivity contribution < 1.29 is 13.9 Å². The van der Waals surface area contributed by atoms with Crippen LogP contribution in [-0.2, 0) is 11.2 Å². The number of hydrogen-bond acceptors (Lipinski definition) is 3. The maximum atomic E-state index is 13.3. The summed E-state index contributed by atoms with van der Waals surface area (Å²) in [4.78, 5) is 13.7. The van der Waals surface area contributed by atoms with Gasteiger partial charge in [0.15, 0.2) is 6.61 Å². The Labute approximate surface area is 118 Å². The Morgan fingerprint density at radius 2 is 2.15 bits per heavy atom. The summed E-state index contributed by atoms with van der Waals surface area (Å²) in [5.41, 5.74) is 6.45. The van der Waals surface area contributed by atoms with E-state index in [2.05, 4.69) is 0 Å². The van der Waals surface area contributed by atoms with Crippen molar-refractivity contribution >= 4 is 5.91 Å². The normalized spacial score (nSPS) is 16.2. The van der Waals surface area contributed by atoms with Gasteiger partial charge in [-0.2, -0.15) is 0 Å². The first-order chi connectivity index (χ1) is 9.56. The molecule has 0 aliphatic carbocycles. The number of ether oxygens (including phenoxy) is 1. The van der Waals surface area contributed by atoms with Crippen molar-refractivity contribution in [2.75, 3.05) is 19.7 Å². The molecule has 2 N–H and O–H groups in total. The van der Waals surface area contributed by atoms with Crippen LogP contribution in [0.3, 0.4) is 0 Å². The van der Waals surface area contributed by atoms with E-state index in [9.17, 15) is 9.18 Å². The molecule has 1 aliphatic heterocycles. The number of carbonyl (C=O) groups excluding carboxylic acids is 1. The fourth-order valence-corrected chi connectivity index (χ4v) is 2.39. The van der Waals surface area contributed by atoms with E-state index >= 15 is 0 Å². The largest absolute Gasteiger partial charge is 0.483 e. The van der Waals surface area contributed by atoms with Crippen LogP contribution in [0.25, 0.3) is 0 Å². The van der Waals surface area contributed by atoms with E-state index in [1.54, 1.807) is 11.0 Å². The molecule has 0 aromatic heterocycles. The van der Waals surface area contributed by atoms with Gasteiger partial charge in [0, 0.05) is 19.1 Å². The molecule has 0 bridgehead atoms. The van der Waals surface area contributed by atoms with Crippen LogP contribution in [0.2, 0.25) is 0 Å². The summed E-state index contributed by atoms with van der Waals surface area (Å²) < 4.78 is 18.8. The number of amides is 1. The molecule has 1 saturated heterocycles. The molecule has 4 nitrogen and oxygen atoms in total. The summed E-state index contributed by atoms with van der Waals surface area (Å²) in [6, 6.07) is 4.22. The second-order valence-electron chi connectivity index (χ2n) is 5.31. The number of rotatable bonds is 5. The second kappa shape index (κ2) is 6.70. The number of nitrogens with zero attached hydrogens (tertiary/aromatic N) is 1.